The molecule has 4 heterocycles. The van der Waals surface area contributed by atoms with E-state index < -0.39 is 0 Å². The Hall–Kier alpha value is -4.61. The molecule has 0 amide bonds. The molecular weight excluding hydrogens is 579 g/mol. The molecule has 0 N–H and O–H groups in total. The molecule has 0 saturated carbocycles. The normalized spacial score (nSPS) is 12.2. The van der Waals surface area contributed by atoms with Crippen molar-refractivity contribution in [3.63, 3.8) is 0 Å². The van der Waals surface area contributed by atoms with E-state index in [-0.39, 0.29) is 0 Å². The van der Waals surface area contributed by atoms with Crippen LogP contribution < -0.4 is 0 Å². The zero-order valence-corrected chi connectivity index (χ0v) is 25.2. The second-order valence-corrected chi connectivity index (χ2v) is 14.2. The Bertz CT molecular complexity index is 2710. The summed E-state index contributed by atoms with van der Waals surface area (Å²) in [6.07, 6.45) is 0. The number of benzene rings is 6. The van der Waals surface area contributed by atoms with E-state index in [2.05, 4.69) is 127 Å². The number of hydrogen-bond donors (Lipinski definition) is 0. The smallest absolute Gasteiger partial charge is 0.0888 e. The summed E-state index contributed by atoms with van der Waals surface area (Å²) in [4.78, 5) is 5.34. The first-order valence-corrected chi connectivity index (χ1v) is 16.8. The molecule has 0 bridgehead atoms. The Balaban J connectivity index is 1.49. The van der Waals surface area contributed by atoms with Gasteiger partial charge < -0.3 is 0 Å². The van der Waals surface area contributed by atoms with E-state index in [1.807, 2.05) is 34.0 Å². The Morgan fingerprint density at radius 1 is 0.372 bits per heavy atom. The summed E-state index contributed by atoms with van der Waals surface area (Å²) >= 11 is 5.74. The molecule has 10 rings (SSSR count). The second kappa shape index (κ2) is 8.95. The predicted octanol–water partition coefficient (Wildman–Crippen LogP) is 12.7. The van der Waals surface area contributed by atoms with Gasteiger partial charge >= 0.3 is 0 Å². The first-order chi connectivity index (χ1) is 21.3. The topological polar surface area (TPSA) is 12.9 Å². The lowest BCUT2D eigenvalue weighted by Crippen LogP contribution is -1.89. The third kappa shape index (κ3) is 3.34. The largest absolute Gasteiger partial charge is 0.246 e. The fraction of sp³-hybridized carbons (Fsp3) is 0. The van der Waals surface area contributed by atoms with Gasteiger partial charge in [-0.25, -0.2) is 4.98 Å². The molecule has 0 unspecified atom stereocenters. The van der Waals surface area contributed by atoms with Gasteiger partial charge in [0.1, 0.15) is 0 Å². The Morgan fingerprint density at radius 2 is 1.02 bits per heavy atom. The minimum absolute atomic E-state index is 1.01. The highest BCUT2D eigenvalue weighted by Crippen LogP contribution is 2.53. The third-order valence-corrected chi connectivity index (χ3v) is 12.2. The van der Waals surface area contributed by atoms with Gasteiger partial charge in [-0.15, -0.1) is 34.0 Å². The summed E-state index contributed by atoms with van der Waals surface area (Å²) in [5.74, 6) is 0. The van der Waals surface area contributed by atoms with Crippen LogP contribution in [-0.2, 0) is 0 Å². The number of rotatable bonds is 2. The maximum absolute atomic E-state index is 5.34. The van der Waals surface area contributed by atoms with E-state index in [9.17, 15) is 0 Å². The zero-order valence-electron chi connectivity index (χ0n) is 22.8. The van der Waals surface area contributed by atoms with Crippen LogP contribution in [0.4, 0.5) is 0 Å². The summed E-state index contributed by atoms with van der Waals surface area (Å²) in [5.41, 5.74) is 4.36. The van der Waals surface area contributed by atoms with Crippen LogP contribution in [0.25, 0.3) is 93.8 Å². The highest BCUT2D eigenvalue weighted by Gasteiger charge is 2.23. The molecule has 0 aliphatic rings. The Kier molecular flexibility index (Phi) is 4.97. The van der Waals surface area contributed by atoms with E-state index in [0.717, 1.165) is 22.5 Å². The van der Waals surface area contributed by atoms with Crippen LogP contribution in [0.2, 0.25) is 0 Å². The van der Waals surface area contributed by atoms with Crippen molar-refractivity contribution < 1.29 is 0 Å². The van der Waals surface area contributed by atoms with Gasteiger partial charge in [-0.2, -0.15) is 0 Å². The van der Waals surface area contributed by atoms with Gasteiger partial charge in [0.25, 0.3) is 0 Å². The lowest BCUT2D eigenvalue weighted by atomic mass is 9.96. The van der Waals surface area contributed by atoms with Crippen LogP contribution in [0, 0.1) is 0 Å². The van der Waals surface area contributed by atoms with Crippen LogP contribution in [0.15, 0.2) is 127 Å². The van der Waals surface area contributed by atoms with Crippen molar-refractivity contribution >= 4 is 105 Å². The van der Waals surface area contributed by atoms with Crippen LogP contribution in [-0.4, -0.2) is 4.98 Å². The van der Waals surface area contributed by atoms with Gasteiger partial charge in [0.05, 0.1) is 16.1 Å². The number of nitrogens with zero attached hydrogens (tertiary/aromatic N) is 1. The number of pyridine rings is 1. The summed E-state index contributed by atoms with van der Waals surface area (Å²) in [6, 6.07) is 46.2. The first kappa shape index (κ1) is 23.9. The number of hydrogen-bond acceptors (Lipinski definition) is 4. The van der Waals surface area contributed by atoms with Crippen molar-refractivity contribution in [1.82, 2.24) is 4.98 Å². The summed E-state index contributed by atoms with van der Waals surface area (Å²) in [5, 5.41) is 10.8. The summed E-state index contributed by atoms with van der Waals surface area (Å²) in [6.45, 7) is 0. The molecule has 0 aliphatic carbocycles. The molecule has 4 heteroatoms. The molecular formula is C39H21NS3. The van der Waals surface area contributed by atoms with Gasteiger partial charge in [0.15, 0.2) is 0 Å². The molecule has 0 fully saturated rings. The lowest BCUT2D eigenvalue weighted by Gasteiger charge is -2.09. The molecule has 0 saturated heterocycles. The molecule has 1 nitrogen and oxygen atoms in total. The van der Waals surface area contributed by atoms with Crippen LogP contribution in [0.5, 0.6) is 0 Å². The number of fused-ring (bicyclic) bond motifs is 14. The van der Waals surface area contributed by atoms with E-state index in [1.165, 1.54) is 71.3 Å². The van der Waals surface area contributed by atoms with Gasteiger partial charge in [-0.1, -0.05) is 103 Å². The highest BCUT2D eigenvalue weighted by atomic mass is 32.1. The van der Waals surface area contributed by atoms with Gasteiger partial charge in [-0.3, -0.25) is 0 Å². The van der Waals surface area contributed by atoms with E-state index in [0.29, 0.717) is 0 Å². The van der Waals surface area contributed by atoms with E-state index in [1.54, 1.807) is 0 Å². The monoisotopic (exact) mass is 599 g/mol. The summed E-state index contributed by atoms with van der Waals surface area (Å²) < 4.78 is 8.01. The van der Waals surface area contributed by atoms with Crippen LogP contribution in [0.3, 0.4) is 0 Å². The summed E-state index contributed by atoms with van der Waals surface area (Å²) in [7, 11) is 0. The van der Waals surface area contributed by atoms with E-state index in [4.69, 9.17) is 4.98 Å². The average molecular weight is 600 g/mol. The minimum atomic E-state index is 1.01. The van der Waals surface area contributed by atoms with Crippen LogP contribution in [0.1, 0.15) is 0 Å². The first-order valence-electron chi connectivity index (χ1n) is 14.4. The lowest BCUT2D eigenvalue weighted by molar-refractivity contribution is 1.36. The van der Waals surface area contributed by atoms with Crippen molar-refractivity contribution in [2.45, 2.75) is 0 Å². The highest BCUT2D eigenvalue weighted by molar-refractivity contribution is 7.31. The maximum Gasteiger partial charge on any atom is 0.0888 e. The average Bonchev–Trinajstić information content (AvgIpc) is 3.76. The van der Waals surface area contributed by atoms with Gasteiger partial charge in [-0.05, 0) is 24.3 Å². The van der Waals surface area contributed by atoms with Gasteiger partial charge in [0, 0.05) is 77.7 Å². The minimum Gasteiger partial charge on any atom is -0.246 e. The Morgan fingerprint density at radius 3 is 1.79 bits per heavy atom. The SMILES string of the molecule is c1ccc(-c2cc3c(sc4c5ccc6sc7ccccc7c6c5c5c6ccccc6sc5c34)c(-c3ccccc3)n2)cc1. The molecule has 0 spiro atoms. The van der Waals surface area contributed by atoms with E-state index >= 15 is 0 Å². The molecule has 10 aromatic rings. The maximum atomic E-state index is 5.34. The predicted molar refractivity (Wildman–Crippen MR) is 191 cm³/mol. The van der Waals surface area contributed by atoms with Gasteiger partial charge in [0.2, 0.25) is 0 Å². The standard InChI is InChI=1S/C39H21NS3/c1-3-11-22(12-4-1)28-21-27-35-37(43-38(27)36(40-28)23-13-5-2-6-14-23)26-19-20-31-32(24-15-7-9-17-29(24)41-31)33(26)34-25-16-8-10-18-30(25)42-39(34)35/h1-21H. The van der Waals surface area contributed by atoms with Crippen molar-refractivity contribution in [1.29, 1.82) is 0 Å². The zero-order chi connectivity index (χ0) is 28.1. The molecule has 43 heavy (non-hydrogen) atoms. The van der Waals surface area contributed by atoms with Crippen molar-refractivity contribution in [3.8, 4) is 22.5 Å². The molecule has 200 valence electrons. The fourth-order valence-corrected chi connectivity index (χ4v) is 10.6. The quantitative estimate of drug-likeness (QED) is 0.193. The number of aromatic nitrogens is 1. The molecule has 0 radical (unpaired) electrons. The molecule has 0 aliphatic heterocycles. The third-order valence-electron chi connectivity index (χ3n) is 8.65. The Labute approximate surface area is 258 Å². The van der Waals surface area contributed by atoms with Crippen molar-refractivity contribution in [2.75, 3.05) is 0 Å². The molecule has 4 aromatic heterocycles. The fourth-order valence-electron chi connectivity index (χ4n) is 6.80. The van der Waals surface area contributed by atoms with Crippen LogP contribution >= 0.6 is 34.0 Å². The van der Waals surface area contributed by atoms with Crippen molar-refractivity contribution in [2.24, 2.45) is 0 Å². The molecule has 6 aromatic carbocycles. The molecule has 0 atom stereocenters. The van der Waals surface area contributed by atoms with Crippen molar-refractivity contribution in [3.05, 3.63) is 127 Å². The number of thiophene rings is 3. The second-order valence-electron chi connectivity index (χ2n) is 11.0.